The number of aryl methyl sites for hydroxylation is 1. The maximum Gasteiger partial charge on any atom is 0.357 e. The van der Waals surface area contributed by atoms with Crippen LogP contribution < -0.4 is 5.32 Å². The van der Waals surface area contributed by atoms with Crippen molar-refractivity contribution in [3.63, 3.8) is 0 Å². The molecule has 0 spiro atoms. The van der Waals surface area contributed by atoms with E-state index in [1.54, 1.807) is 22.6 Å². The van der Waals surface area contributed by atoms with E-state index in [-0.39, 0.29) is 12.5 Å². The molecule has 140 valence electrons. The van der Waals surface area contributed by atoms with E-state index in [1.165, 1.54) is 6.20 Å². The van der Waals surface area contributed by atoms with Gasteiger partial charge in [0, 0.05) is 18.3 Å². The molecule has 6 heteroatoms. The van der Waals surface area contributed by atoms with Gasteiger partial charge >= 0.3 is 5.97 Å². The predicted octanol–water partition coefficient (Wildman–Crippen LogP) is 3.39. The average molecular weight is 365 g/mol. The van der Waals surface area contributed by atoms with Crippen LogP contribution in [-0.2, 0) is 11.3 Å². The van der Waals surface area contributed by atoms with Crippen molar-refractivity contribution in [3.8, 4) is 0 Å². The third-order valence-corrected chi connectivity index (χ3v) is 4.09. The number of amides is 1. The molecule has 0 atom stereocenters. The Kier molecular flexibility index (Phi) is 5.54. The number of nitrogens with zero attached hydrogens (tertiary/aromatic N) is 2. The first-order chi connectivity index (χ1) is 12.9. The Morgan fingerprint density at radius 2 is 2.04 bits per heavy atom. The maximum atomic E-state index is 12.4. The van der Waals surface area contributed by atoms with E-state index in [2.05, 4.69) is 10.3 Å². The molecule has 0 aliphatic carbocycles. The normalized spacial score (nSPS) is 11.0. The van der Waals surface area contributed by atoms with E-state index in [0.717, 1.165) is 11.1 Å². The average Bonchev–Trinajstić information content (AvgIpc) is 3.07. The van der Waals surface area contributed by atoms with Crippen LogP contribution in [-0.4, -0.2) is 27.8 Å². The van der Waals surface area contributed by atoms with Gasteiger partial charge in [0.15, 0.2) is 5.69 Å². The molecular formula is C21H23N3O3. The van der Waals surface area contributed by atoms with Gasteiger partial charge < -0.3 is 10.1 Å². The van der Waals surface area contributed by atoms with Crippen molar-refractivity contribution in [2.45, 2.75) is 27.4 Å². The quantitative estimate of drug-likeness (QED) is 0.680. The second-order valence-electron chi connectivity index (χ2n) is 6.96. The number of fused-ring (bicyclic) bond motifs is 1. The van der Waals surface area contributed by atoms with Gasteiger partial charge in [0.05, 0.1) is 6.20 Å². The number of rotatable bonds is 6. The van der Waals surface area contributed by atoms with Gasteiger partial charge in [-0.15, -0.1) is 0 Å². The minimum atomic E-state index is -0.456. The number of carbonyl (C=O) groups is 2. The molecule has 0 saturated carbocycles. The van der Waals surface area contributed by atoms with Crippen LogP contribution in [0.4, 0.5) is 0 Å². The fourth-order valence-electron chi connectivity index (χ4n) is 2.66. The first-order valence-electron chi connectivity index (χ1n) is 8.92. The van der Waals surface area contributed by atoms with Crippen LogP contribution in [0.3, 0.4) is 0 Å². The number of aromatic nitrogens is 2. The molecule has 0 bridgehead atoms. The lowest BCUT2D eigenvalue weighted by Gasteiger charge is -2.09. The van der Waals surface area contributed by atoms with Gasteiger partial charge in [-0.1, -0.05) is 32.0 Å². The molecule has 0 unspecified atom stereocenters. The van der Waals surface area contributed by atoms with Crippen LogP contribution in [0.15, 0.2) is 48.8 Å². The molecule has 27 heavy (non-hydrogen) atoms. The fourth-order valence-corrected chi connectivity index (χ4v) is 2.66. The largest absolute Gasteiger partial charge is 0.456 e. The van der Waals surface area contributed by atoms with Crippen LogP contribution in [0.1, 0.15) is 45.8 Å². The van der Waals surface area contributed by atoms with E-state index in [9.17, 15) is 9.59 Å². The van der Waals surface area contributed by atoms with Gasteiger partial charge in [0.1, 0.15) is 12.3 Å². The summed E-state index contributed by atoms with van der Waals surface area (Å²) in [7, 11) is 0. The Labute approximate surface area is 158 Å². The van der Waals surface area contributed by atoms with Gasteiger partial charge in [-0.05, 0) is 42.2 Å². The molecule has 1 N–H and O–H groups in total. The monoisotopic (exact) mass is 365 g/mol. The molecule has 2 aromatic heterocycles. The van der Waals surface area contributed by atoms with Crippen LogP contribution in [0.5, 0.6) is 0 Å². The summed E-state index contributed by atoms with van der Waals surface area (Å²) in [6.07, 6.45) is 3.35. The molecule has 1 aromatic carbocycles. The fraction of sp³-hybridized carbons (Fsp3) is 0.286. The summed E-state index contributed by atoms with van der Waals surface area (Å²) in [5, 5.41) is 2.88. The number of hydrogen-bond acceptors (Lipinski definition) is 4. The van der Waals surface area contributed by atoms with Crippen molar-refractivity contribution >= 4 is 17.5 Å². The van der Waals surface area contributed by atoms with Gasteiger partial charge in [-0.25, -0.2) is 9.78 Å². The molecule has 0 aliphatic heterocycles. The maximum absolute atomic E-state index is 12.4. The minimum Gasteiger partial charge on any atom is -0.456 e. The van der Waals surface area contributed by atoms with Crippen LogP contribution in [0, 0.1) is 12.8 Å². The molecule has 6 nitrogen and oxygen atoms in total. The lowest BCUT2D eigenvalue weighted by Crippen LogP contribution is -2.27. The number of pyridine rings is 1. The van der Waals surface area contributed by atoms with Crippen molar-refractivity contribution in [1.82, 2.24) is 14.7 Å². The molecule has 1 amide bonds. The molecule has 0 radical (unpaired) electrons. The number of benzene rings is 1. The molecule has 0 aliphatic rings. The Bertz CT molecular complexity index is 976. The lowest BCUT2D eigenvalue weighted by molar-refractivity contribution is 0.0464. The molecule has 0 fully saturated rings. The Balaban J connectivity index is 1.67. The van der Waals surface area contributed by atoms with Crippen molar-refractivity contribution in [2.75, 3.05) is 6.54 Å². The molecular weight excluding hydrogens is 342 g/mol. The molecule has 3 rings (SSSR count). The van der Waals surface area contributed by atoms with E-state index in [1.807, 2.05) is 45.2 Å². The first-order valence-corrected chi connectivity index (χ1v) is 8.92. The standard InChI is InChI=1S/C21H23N3O3/c1-14(2)10-23-20(25)17-6-4-5-16(9-17)13-27-21(26)18-11-22-19-8-7-15(3)12-24(18)19/h4-9,11-12,14H,10,13H2,1-3H3,(H,23,25). The second kappa shape index (κ2) is 8.03. The summed E-state index contributed by atoms with van der Waals surface area (Å²) in [5.41, 5.74) is 3.39. The van der Waals surface area contributed by atoms with E-state index >= 15 is 0 Å². The van der Waals surface area contributed by atoms with Gasteiger partial charge in [0.25, 0.3) is 5.91 Å². The third kappa shape index (κ3) is 4.53. The zero-order valence-corrected chi connectivity index (χ0v) is 15.7. The highest BCUT2D eigenvalue weighted by Gasteiger charge is 2.14. The van der Waals surface area contributed by atoms with Crippen molar-refractivity contribution in [2.24, 2.45) is 5.92 Å². The zero-order valence-electron chi connectivity index (χ0n) is 15.7. The topological polar surface area (TPSA) is 72.7 Å². The van der Waals surface area contributed by atoms with Crippen LogP contribution in [0.25, 0.3) is 5.65 Å². The first kappa shape index (κ1) is 18.6. The number of esters is 1. The van der Waals surface area contributed by atoms with Crippen LogP contribution in [0.2, 0.25) is 0 Å². The number of imidazole rings is 1. The van der Waals surface area contributed by atoms with Crippen LogP contribution >= 0.6 is 0 Å². The molecule has 2 heterocycles. The number of hydrogen-bond donors (Lipinski definition) is 1. The highest BCUT2D eigenvalue weighted by molar-refractivity contribution is 5.94. The van der Waals surface area contributed by atoms with E-state index < -0.39 is 5.97 Å². The Morgan fingerprint density at radius 3 is 2.81 bits per heavy atom. The Hall–Kier alpha value is -3.15. The zero-order chi connectivity index (χ0) is 19.4. The summed E-state index contributed by atoms with van der Waals surface area (Å²) in [5.74, 6) is -0.205. The van der Waals surface area contributed by atoms with Crippen molar-refractivity contribution in [3.05, 3.63) is 71.2 Å². The summed E-state index contributed by atoms with van der Waals surface area (Å²) in [6, 6.07) is 10.9. The molecule has 0 saturated heterocycles. The summed E-state index contributed by atoms with van der Waals surface area (Å²) >= 11 is 0. The number of nitrogens with one attached hydrogen (secondary N) is 1. The van der Waals surface area contributed by atoms with E-state index in [0.29, 0.717) is 29.4 Å². The highest BCUT2D eigenvalue weighted by atomic mass is 16.5. The third-order valence-electron chi connectivity index (χ3n) is 4.09. The van der Waals surface area contributed by atoms with Gasteiger partial charge in [-0.2, -0.15) is 0 Å². The summed E-state index contributed by atoms with van der Waals surface area (Å²) < 4.78 is 7.14. The predicted molar refractivity (Wildman–Crippen MR) is 103 cm³/mol. The van der Waals surface area contributed by atoms with Crippen molar-refractivity contribution in [1.29, 1.82) is 0 Å². The number of ether oxygens (including phenoxy) is 1. The van der Waals surface area contributed by atoms with E-state index in [4.69, 9.17) is 4.74 Å². The smallest absolute Gasteiger partial charge is 0.357 e. The van der Waals surface area contributed by atoms with Gasteiger partial charge in [-0.3, -0.25) is 9.20 Å². The van der Waals surface area contributed by atoms with Crippen molar-refractivity contribution < 1.29 is 14.3 Å². The summed E-state index contributed by atoms with van der Waals surface area (Å²) in [6.45, 7) is 6.73. The summed E-state index contributed by atoms with van der Waals surface area (Å²) in [4.78, 5) is 28.8. The minimum absolute atomic E-state index is 0.0865. The Morgan fingerprint density at radius 1 is 1.22 bits per heavy atom. The number of carbonyl (C=O) groups excluding carboxylic acids is 2. The lowest BCUT2D eigenvalue weighted by atomic mass is 10.1. The highest BCUT2D eigenvalue weighted by Crippen LogP contribution is 2.12. The SMILES string of the molecule is Cc1ccc2ncc(C(=O)OCc3cccc(C(=O)NCC(C)C)c3)n2c1. The molecule has 3 aromatic rings. The second-order valence-corrected chi connectivity index (χ2v) is 6.96. The van der Waals surface area contributed by atoms with Gasteiger partial charge in [0.2, 0.25) is 0 Å².